The van der Waals surface area contributed by atoms with Gasteiger partial charge in [0.1, 0.15) is 0 Å². The minimum Gasteiger partial charge on any atom is -0.463 e. The number of carbonyl (C=O) groups excluding carboxylic acids is 2. The van der Waals surface area contributed by atoms with Crippen molar-refractivity contribution in [2.75, 3.05) is 18.1 Å². The molecule has 1 fully saturated rings. The molecule has 0 saturated carbocycles. The minimum absolute atomic E-state index is 0.120. The minimum atomic E-state index is -0.356. The van der Waals surface area contributed by atoms with Crippen LogP contribution in [0.3, 0.4) is 0 Å². The summed E-state index contributed by atoms with van der Waals surface area (Å²) in [5.41, 5.74) is 1.76. The topological polar surface area (TPSA) is 46.6 Å². The van der Waals surface area contributed by atoms with Crippen LogP contribution in [-0.4, -0.2) is 25.0 Å². The zero-order valence-corrected chi connectivity index (χ0v) is 12.1. The summed E-state index contributed by atoms with van der Waals surface area (Å²) in [7, 11) is 0. The van der Waals surface area contributed by atoms with Gasteiger partial charge in [0.05, 0.1) is 6.61 Å². The smallest absolute Gasteiger partial charge is 0.330 e. The van der Waals surface area contributed by atoms with Crippen LogP contribution in [0.15, 0.2) is 43.0 Å². The maximum atomic E-state index is 11.9. The van der Waals surface area contributed by atoms with Gasteiger partial charge >= 0.3 is 5.97 Å². The second kappa shape index (κ2) is 6.88. The van der Waals surface area contributed by atoms with Gasteiger partial charge in [-0.05, 0) is 30.7 Å². The van der Waals surface area contributed by atoms with Crippen LogP contribution < -0.4 is 4.90 Å². The summed E-state index contributed by atoms with van der Waals surface area (Å²) in [6, 6.07) is 7.52. The van der Waals surface area contributed by atoms with Crippen molar-refractivity contribution in [1.29, 1.82) is 0 Å². The van der Waals surface area contributed by atoms with Crippen LogP contribution in [-0.2, 0) is 14.3 Å². The first-order chi connectivity index (χ1) is 10.1. The third kappa shape index (κ3) is 3.81. The number of nitrogens with zero attached hydrogens (tertiary/aromatic N) is 1. The Balaban J connectivity index is 2.04. The van der Waals surface area contributed by atoms with Crippen molar-refractivity contribution in [3.8, 4) is 0 Å². The Morgan fingerprint density at radius 1 is 1.43 bits per heavy atom. The van der Waals surface area contributed by atoms with E-state index in [2.05, 4.69) is 6.58 Å². The van der Waals surface area contributed by atoms with E-state index < -0.39 is 0 Å². The van der Waals surface area contributed by atoms with E-state index in [1.54, 1.807) is 17.9 Å². The van der Waals surface area contributed by atoms with Crippen molar-refractivity contribution in [2.45, 2.75) is 13.3 Å². The molecule has 0 aromatic heterocycles. The Bertz CT molecular complexity index is 560. The van der Waals surface area contributed by atoms with Gasteiger partial charge in [0, 0.05) is 30.6 Å². The lowest BCUT2D eigenvalue weighted by molar-refractivity contribution is -0.137. The molecule has 1 aliphatic heterocycles. The first kappa shape index (κ1) is 15.0. The number of benzene rings is 1. The molecule has 1 aromatic carbocycles. The SMILES string of the molecule is C=CC1CC(=O)N(c2ccc(/C=C/C(=O)OCC)cc2)C1. The lowest BCUT2D eigenvalue weighted by atomic mass is 10.1. The molecule has 1 unspecified atom stereocenters. The molecule has 1 aromatic rings. The fourth-order valence-corrected chi connectivity index (χ4v) is 2.26. The third-order valence-corrected chi connectivity index (χ3v) is 3.39. The van der Waals surface area contributed by atoms with Gasteiger partial charge in [-0.25, -0.2) is 4.79 Å². The van der Waals surface area contributed by atoms with Gasteiger partial charge in [-0.2, -0.15) is 0 Å². The van der Waals surface area contributed by atoms with E-state index in [1.165, 1.54) is 6.08 Å². The first-order valence-corrected chi connectivity index (χ1v) is 7.02. The van der Waals surface area contributed by atoms with Crippen LogP contribution in [0, 0.1) is 5.92 Å². The Kier molecular flexibility index (Phi) is 4.93. The van der Waals surface area contributed by atoms with E-state index in [1.807, 2.05) is 30.3 Å². The number of esters is 1. The van der Waals surface area contributed by atoms with Gasteiger partial charge < -0.3 is 9.64 Å². The Morgan fingerprint density at radius 3 is 2.71 bits per heavy atom. The zero-order chi connectivity index (χ0) is 15.2. The largest absolute Gasteiger partial charge is 0.463 e. The summed E-state index contributed by atoms with van der Waals surface area (Å²) in [5.74, 6) is -0.0132. The molecule has 2 rings (SSSR count). The quantitative estimate of drug-likeness (QED) is 0.475. The number of ether oxygens (including phenoxy) is 1. The van der Waals surface area contributed by atoms with Crippen LogP contribution in [0.2, 0.25) is 0 Å². The van der Waals surface area contributed by atoms with E-state index in [4.69, 9.17) is 4.74 Å². The monoisotopic (exact) mass is 285 g/mol. The molecule has 1 aliphatic rings. The van der Waals surface area contributed by atoms with Gasteiger partial charge in [-0.3, -0.25) is 4.79 Å². The fourth-order valence-electron chi connectivity index (χ4n) is 2.26. The number of hydrogen-bond donors (Lipinski definition) is 0. The molecule has 0 N–H and O–H groups in total. The molecule has 0 spiro atoms. The predicted octanol–water partition coefficient (Wildman–Crippen LogP) is 2.80. The molecule has 110 valence electrons. The first-order valence-electron chi connectivity index (χ1n) is 7.02. The molecule has 0 radical (unpaired) electrons. The van der Waals surface area contributed by atoms with Crippen molar-refractivity contribution in [3.63, 3.8) is 0 Å². The van der Waals surface area contributed by atoms with Crippen molar-refractivity contribution in [2.24, 2.45) is 5.92 Å². The zero-order valence-electron chi connectivity index (χ0n) is 12.1. The fraction of sp³-hybridized carbons (Fsp3) is 0.294. The second-order valence-electron chi connectivity index (χ2n) is 4.88. The number of carbonyl (C=O) groups is 2. The normalized spacial score (nSPS) is 18.2. The number of hydrogen-bond acceptors (Lipinski definition) is 3. The highest BCUT2D eigenvalue weighted by Gasteiger charge is 2.28. The maximum absolute atomic E-state index is 11.9. The molecular formula is C17H19NO3. The molecule has 1 amide bonds. The van der Waals surface area contributed by atoms with E-state index in [0.717, 1.165) is 11.3 Å². The van der Waals surface area contributed by atoms with E-state index in [0.29, 0.717) is 19.6 Å². The molecule has 1 atom stereocenters. The average Bonchev–Trinajstić information content (AvgIpc) is 2.87. The van der Waals surface area contributed by atoms with E-state index in [9.17, 15) is 9.59 Å². The van der Waals surface area contributed by atoms with Gasteiger partial charge in [-0.1, -0.05) is 18.2 Å². The highest BCUT2D eigenvalue weighted by molar-refractivity contribution is 5.96. The van der Waals surface area contributed by atoms with Crippen LogP contribution >= 0.6 is 0 Å². The standard InChI is InChI=1S/C17H19NO3/c1-3-13-11-16(19)18(12-13)15-8-5-14(6-9-15)7-10-17(20)21-4-2/h3,5-10,13H,1,4,11-12H2,2H3/b10-7+. The van der Waals surface area contributed by atoms with Crippen molar-refractivity contribution >= 4 is 23.6 Å². The van der Waals surface area contributed by atoms with E-state index in [-0.39, 0.29) is 17.8 Å². The molecule has 4 heteroatoms. The molecule has 0 aliphatic carbocycles. The number of anilines is 1. The summed E-state index contributed by atoms with van der Waals surface area (Å²) in [5, 5.41) is 0. The van der Waals surface area contributed by atoms with Crippen LogP contribution in [0.1, 0.15) is 18.9 Å². The molecule has 1 saturated heterocycles. The predicted molar refractivity (Wildman–Crippen MR) is 82.8 cm³/mol. The lowest BCUT2D eigenvalue weighted by Crippen LogP contribution is -2.24. The molecule has 21 heavy (non-hydrogen) atoms. The van der Waals surface area contributed by atoms with Crippen LogP contribution in [0.5, 0.6) is 0 Å². The van der Waals surface area contributed by atoms with Crippen molar-refractivity contribution in [3.05, 3.63) is 48.6 Å². The summed E-state index contributed by atoms with van der Waals surface area (Å²) in [4.78, 5) is 24.9. The Morgan fingerprint density at radius 2 is 2.14 bits per heavy atom. The number of rotatable bonds is 5. The van der Waals surface area contributed by atoms with Gasteiger partial charge in [0.25, 0.3) is 0 Å². The molecule has 1 heterocycles. The van der Waals surface area contributed by atoms with Gasteiger partial charge in [0.2, 0.25) is 5.91 Å². The van der Waals surface area contributed by atoms with E-state index >= 15 is 0 Å². The highest BCUT2D eigenvalue weighted by Crippen LogP contribution is 2.25. The van der Waals surface area contributed by atoms with Crippen LogP contribution in [0.4, 0.5) is 5.69 Å². The summed E-state index contributed by atoms with van der Waals surface area (Å²) in [6.45, 7) is 6.56. The van der Waals surface area contributed by atoms with Crippen LogP contribution in [0.25, 0.3) is 6.08 Å². The number of amides is 1. The third-order valence-electron chi connectivity index (χ3n) is 3.39. The molecule has 4 nitrogen and oxygen atoms in total. The summed E-state index contributed by atoms with van der Waals surface area (Å²) < 4.78 is 4.82. The second-order valence-corrected chi connectivity index (χ2v) is 4.88. The van der Waals surface area contributed by atoms with Gasteiger partial charge in [-0.15, -0.1) is 6.58 Å². The Hall–Kier alpha value is -2.36. The lowest BCUT2D eigenvalue weighted by Gasteiger charge is -2.16. The van der Waals surface area contributed by atoms with Gasteiger partial charge in [0.15, 0.2) is 0 Å². The molecule has 0 bridgehead atoms. The maximum Gasteiger partial charge on any atom is 0.330 e. The highest BCUT2D eigenvalue weighted by atomic mass is 16.5. The summed E-state index contributed by atoms with van der Waals surface area (Å²) in [6.07, 6.45) is 5.44. The van der Waals surface area contributed by atoms with Crippen molar-refractivity contribution in [1.82, 2.24) is 0 Å². The Labute approximate surface area is 124 Å². The summed E-state index contributed by atoms with van der Waals surface area (Å²) >= 11 is 0. The average molecular weight is 285 g/mol. The molecular weight excluding hydrogens is 266 g/mol. The van der Waals surface area contributed by atoms with Crippen molar-refractivity contribution < 1.29 is 14.3 Å².